The average molecular weight is 458 g/mol. The summed E-state index contributed by atoms with van der Waals surface area (Å²) in [5.74, 6) is -1.92. The fourth-order valence-electron chi connectivity index (χ4n) is 5.69. The highest BCUT2D eigenvalue weighted by Gasteiger charge is 2.55. The number of carbonyl (C=O) groups is 2. The molecule has 33 heavy (non-hydrogen) atoms. The first-order chi connectivity index (χ1) is 15.8. The van der Waals surface area contributed by atoms with Crippen LogP contribution >= 0.6 is 0 Å². The van der Waals surface area contributed by atoms with Crippen molar-refractivity contribution in [3.63, 3.8) is 0 Å². The third-order valence-electron chi connectivity index (χ3n) is 7.19. The highest BCUT2D eigenvalue weighted by molar-refractivity contribution is 6.05. The van der Waals surface area contributed by atoms with Gasteiger partial charge in [0.05, 0.1) is 31.2 Å². The van der Waals surface area contributed by atoms with Gasteiger partial charge in [0.1, 0.15) is 0 Å². The molecule has 1 N–H and O–H groups in total. The lowest BCUT2D eigenvalue weighted by molar-refractivity contribution is -0.138. The summed E-state index contributed by atoms with van der Waals surface area (Å²) >= 11 is 0. The number of aromatic hydroxyl groups is 1. The second-order valence-electron chi connectivity index (χ2n) is 9.29. The summed E-state index contributed by atoms with van der Waals surface area (Å²) in [5, 5.41) is 9.45. The number of hydrogen-bond donors (Lipinski definition) is 1. The van der Waals surface area contributed by atoms with Crippen LogP contribution in [0.2, 0.25) is 0 Å². The number of fused-ring (bicyclic) bond motifs is 3. The van der Waals surface area contributed by atoms with Gasteiger partial charge in [0, 0.05) is 20.1 Å². The number of rotatable bonds is 8. The van der Waals surface area contributed by atoms with E-state index >= 15 is 0 Å². The van der Waals surface area contributed by atoms with Gasteiger partial charge in [0.2, 0.25) is 11.8 Å². The molecule has 4 atom stereocenters. The highest BCUT2D eigenvalue weighted by atomic mass is 19.1. The Hall–Kier alpha value is -2.51. The van der Waals surface area contributed by atoms with E-state index < -0.39 is 5.82 Å². The summed E-state index contributed by atoms with van der Waals surface area (Å²) < 4.78 is 25.4. The third kappa shape index (κ3) is 4.49. The van der Waals surface area contributed by atoms with Crippen LogP contribution in [0.25, 0.3) is 6.08 Å². The Balaban J connectivity index is 1.55. The average Bonchev–Trinajstić information content (AvgIpc) is 3.30. The van der Waals surface area contributed by atoms with Gasteiger partial charge in [-0.2, -0.15) is 0 Å². The molecule has 6 nitrogen and oxygen atoms in total. The molecule has 1 aromatic rings. The maximum absolute atomic E-state index is 13.8. The number of carbonyl (C=O) groups excluding carboxylic acids is 2. The standard InChI is InChI=1S/C26H32FNO5/c1-4-5-15(10-16-6-8-21(29)20(27)11-16)7-9-22-23-17(13-32-3)12-18-24(19(23)14-33-22)26(31)28(2)25(18)30/h6,8,10-11,18-19,22,24,29H,4-5,7,9,12-14H2,1-3H3/b15-10+/t18-,19+,22-,24-/m1/s1. The van der Waals surface area contributed by atoms with E-state index in [1.54, 1.807) is 20.2 Å². The van der Waals surface area contributed by atoms with Crippen molar-refractivity contribution in [1.82, 2.24) is 4.90 Å². The van der Waals surface area contributed by atoms with Crippen LogP contribution in [0.3, 0.4) is 0 Å². The van der Waals surface area contributed by atoms with E-state index in [0.29, 0.717) is 19.6 Å². The number of phenolic OH excluding ortho intramolecular Hbond substituents is 1. The van der Waals surface area contributed by atoms with E-state index in [0.717, 1.165) is 42.4 Å². The van der Waals surface area contributed by atoms with Gasteiger partial charge in [-0.25, -0.2) is 4.39 Å². The molecule has 7 heteroatoms. The summed E-state index contributed by atoms with van der Waals surface area (Å²) in [6.07, 6.45) is 5.78. The van der Waals surface area contributed by atoms with E-state index in [2.05, 4.69) is 6.92 Å². The molecular weight excluding hydrogens is 425 g/mol. The molecule has 1 aromatic carbocycles. The first-order valence-electron chi connectivity index (χ1n) is 11.7. The van der Waals surface area contributed by atoms with Crippen LogP contribution in [-0.2, 0) is 19.1 Å². The second-order valence-corrected chi connectivity index (χ2v) is 9.29. The number of ether oxygens (including phenoxy) is 2. The predicted octanol–water partition coefficient (Wildman–Crippen LogP) is 4.09. The Morgan fingerprint density at radius 3 is 2.76 bits per heavy atom. The van der Waals surface area contributed by atoms with Gasteiger partial charge < -0.3 is 14.6 Å². The maximum atomic E-state index is 13.8. The molecule has 0 bridgehead atoms. The van der Waals surface area contributed by atoms with Crippen molar-refractivity contribution < 1.29 is 28.6 Å². The summed E-state index contributed by atoms with van der Waals surface area (Å²) in [4.78, 5) is 26.7. The van der Waals surface area contributed by atoms with Gasteiger partial charge in [-0.1, -0.05) is 31.1 Å². The number of benzene rings is 1. The molecule has 0 aromatic heterocycles. The second kappa shape index (κ2) is 9.77. The fraction of sp³-hybridized carbons (Fsp3) is 0.538. The van der Waals surface area contributed by atoms with E-state index in [9.17, 15) is 19.1 Å². The Morgan fingerprint density at radius 2 is 2.06 bits per heavy atom. The SMILES string of the molecule is CCC/C(=C\c1ccc(O)c(F)c1)CC[C@H]1OC[C@H]2C1=C(COC)C[C@H]1C(=O)N(C)C(=O)[C@H]12. The van der Waals surface area contributed by atoms with E-state index in [1.165, 1.54) is 22.6 Å². The van der Waals surface area contributed by atoms with Crippen LogP contribution in [0.5, 0.6) is 5.75 Å². The number of allylic oxidation sites excluding steroid dienone is 1. The van der Waals surface area contributed by atoms with E-state index in [4.69, 9.17) is 9.47 Å². The minimum atomic E-state index is -0.631. The van der Waals surface area contributed by atoms with Crippen molar-refractivity contribution in [1.29, 1.82) is 0 Å². The predicted molar refractivity (Wildman–Crippen MR) is 122 cm³/mol. The van der Waals surface area contributed by atoms with E-state index in [-0.39, 0.29) is 41.4 Å². The molecule has 178 valence electrons. The lowest BCUT2D eigenvalue weighted by Crippen LogP contribution is -2.34. The molecule has 2 saturated heterocycles. The Kier molecular flexibility index (Phi) is 7.00. The molecule has 2 heterocycles. The lowest BCUT2D eigenvalue weighted by Gasteiger charge is -2.31. The van der Waals surface area contributed by atoms with Gasteiger partial charge >= 0.3 is 0 Å². The monoisotopic (exact) mass is 457 g/mol. The largest absolute Gasteiger partial charge is 0.505 e. The quantitative estimate of drug-likeness (QED) is 0.470. The maximum Gasteiger partial charge on any atom is 0.233 e. The zero-order chi connectivity index (χ0) is 23.7. The first kappa shape index (κ1) is 23.6. The number of halogens is 1. The van der Waals surface area contributed by atoms with Crippen molar-refractivity contribution in [2.24, 2.45) is 17.8 Å². The minimum absolute atomic E-state index is 0.0786. The number of phenols is 1. The zero-order valence-electron chi connectivity index (χ0n) is 19.5. The van der Waals surface area contributed by atoms with Crippen LogP contribution in [0, 0.1) is 23.6 Å². The van der Waals surface area contributed by atoms with Crippen molar-refractivity contribution in [3.05, 3.63) is 46.3 Å². The summed E-state index contributed by atoms with van der Waals surface area (Å²) in [6.45, 7) is 2.98. The molecule has 0 radical (unpaired) electrons. The molecule has 4 rings (SSSR count). The van der Waals surface area contributed by atoms with Gasteiger partial charge in [0.15, 0.2) is 11.6 Å². The number of hydrogen-bond acceptors (Lipinski definition) is 5. The van der Waals surface area contributed by atoms with Crippen molar-refractivity contribution >= 4 is 17.9 Å². The third-order valence-corrected chi connectivity index (χ3v) is 7.19. The van der Waals surface area contributed by atoms with Crippen LogP contribution in [-0.4, -0.2) is 55.3 Å². The fourth-order valence-corrected chi connectivity index (χ4v) is 5.69. The smallest absolute Gasteiger partial charge is 0.233 e. The zero-order valence-corrected chi connectivity index (χ0v) is 19.5. The Labute approximate surface area is 194 Å². The number of nitrogens with zero attached hydrogens (tertiary/aromatic N) is 1. The molecule has 0 saturated carbocycles. The number of methoxy groups -OCH3 is 1. The van der Waals surface area contributed by atoms with Crippen LogP contribution in [0.4, 0.5) is 4.39 Å². The molecule has 2 fully saturated rings. The molecule has 0 spiro atoms. The molecule has 3 aliphatic rings. The normalized spacial score (nSPS) is 27.4. The van der Waals surface area contributed by atoms with Gasteiger partial charge in [0.25, 0.3) is 0 Å². The van der Waals surface area contributed by atoms with Gasteiger partial charge in [-0.05, 0) is 54.5 Å². The molecule has 2 aliphatic heterocycles. The highest BCUT2D eigenvalue weighted by Crippen LogP contribution is 2.49. The number of imide groups is 1. The van der Waals surface area contributed by atoms with Crippen molar-refractivity contribution in [2.75, 3.05) is 27.4 Å². The van der Waals surface area contributed by atoms with Gasteiger partial charge in [-0.3, -0.25) is 14.5 Å². The number of amides is 2. The molecule has 2 amide bonds. The van der Waals surface area contributed by atoms with E-state index in [1.807, 2.05) is 6.08 Å². The summed E-state index contributed by atoms with van der Waals surface area (Å²) in [6, 6.07) is 4.41. The minimum Gasteiger partial charge on any atom is -0.505 e. The lowest BCUT2D eigenvalue weighted by atomic mass is 9.69. The molecule has 0 unspecified atom stereocenters. The Morgan fingerprint density at radius 1 is 1.27 bits per heavy atom. The van der Waals surface area contributed by atoms with Crippen molar-refractivity contribution in [2.45, 2.75) is 45.1 Å². The first-order valence-corrected chi connectivity index (χ1v) is 11.7. The Bertz CT molecular complexity index is 1000. The number of likely N-dealkylation sites (tertiary alicyclic amines) is 1. The molecule has 1 aliphatic carbocycles. The molecular formula is C26H32FNO5. The summed E-state index contributed by atoms with van der Waals surface area (Å²) in [7, 11) is 3.21. The summed E-state index contributed by atoms with van der Waals surface area (Å²) in [5.41, 5.74) is 4.13. The van der Waals surface area contributed by atoms with Gasteiger partial charge in [-0.15, -0.1) is 0 Å². The van der Waals surface area contributed by atoms with Crippen LogP contribution in [0.15, 0.2) is 34.9 Å². The van der Waals surface area contributed by atoms with Crippen LogP contribution < -0.4 is 0 Å². The topological polar surface area (TPSA) is 76.1 Å². The van der Waals surface area contributed by atoms with Crippen molar-refractivity contribution in [3.8, 4) is 5.75 Å². The van der Waals surface area contributed by atoms with Crippen LogP contribution in [0.1, 0.15) is 44.6 Å².